The Morgan fingerprint density at radius 1 is 1.50 bits per heavy atom. The van der Waals surface area contributed by atoms with Gasteiger partial charge < -0.3 is 10.2 Å². The highest BCUT2D eigenvalue weighted by atomic mass is 79.9. The van der Waals surface area contributed by atoms with Crippen molar-refractivity contribution in [1.82, 2.24) is 10.3 Å². The molecule has 0 aromatic carbocycles. The number of rotatable bonds is 4. The van der Waals surface area contributed by atoms with Crippen molar-refractivity contribution < 1.29 is 0 Å². The molecule has 0 amide bonds. The molecule has 0 atom stereocenters. The van der Waals surface area contributed by atoms with Crippen molar-refractivity contribution in [3.63, 3.8) is 0 Å². The van der Waals surface area contributed by atoms with E-state index >= 15 is 0 Å². The Bertz CT molecular complexity index is 363. The number of pyridine rings is 1. The number of aromatic nitrogens is 1. The fraction of sp³-hybridized carbons (Fsp3) is 0.583. The molecular formula is C12H18BrN3. The molecule has 1 saturated heterocycles. The maximum atomic E-state index is 4.65. The van der Waals surface area contributed by atoms with Crippen molar-refractivity contribution in [3.8, 4) is 0 Å². The summed E-state index contributed by atoms with van der Waals surface area (Å²) in [5.41, 5.74) is 1.06. The van der Waals surface area contributed by atoms with E-state index in [4.69, 9.17) is 0 Å². The van der Waals surface area contributed by atoms with Crippen molar-refractivity contribution >= 4 is 21.7 Å². The Balaban J connectivity index is 2.20. The first-order valence-electron chi connectivity index (χ1n) is 5.83. The molecule has 0 aliphatic carbocycles. The van der Waals surface area contributed by atoms with E-state index in [9.17, 15) is 0 Å². The molecule has 1 fully saturated rings. The van der Waals surface area contributed by atoms with Crippen molar-refractivity contribution in [2.75, 3.05) is 24.5 Å². The van der Waals surface area contributed by atoms with Crippen molar-refractivity contribution in [2.24, 2.45) is 0 Å². The van der Waals surface area contributed by atoms with E-state index in [1.807, 2.05) is 6.92 Å². The summed E-state index contributed by atoms with van der Waals surface area (Å²) >= 11 is 3.49. The van der Waals surface area contributed by atoms with E-state index in [1.54, 1.807) is 0 Å². The predicted molar refractivity (Wildman–Crippen MR) is 71.0 cm³/mol. The summed E-state index contributed by atoms with van der Waals surface area (Å²) in [5.74, 6) is 1.11. The Morgan fingerprint density at radius 3 is 2.75 bits per heavy atom. The highest BCUT2D eigenvalue weighted by Crippen LogP contribution is 2.21. The molecular weight excluding hydrogens is 266 g/mol. The first-order chi connectivity index (χ1) is 7.72. The smallest absolute Gasteiger partial charge is 0.129 e. The van der Waals surface area contributed by atoms with E-state index < -0.39 is 0 Å². The second kappa shape index (κ2) is 5.15. The molecule has 3 nitrogen and oxygen atoms in total. The molecule has 16 heavy (non-hydrogen) atoms. The lowest BCUT2D eigenvalue weighted by Gasteiger charge is -2.39. The molecule has 1 aliphatic rings. The maximum absolute atomic E-state index is 4.65. The number of nitrogens with zero attached hydrogens (tertiary/aromatic N) is 2. The summed E-state index contributed by atoms with van der Waals surface area (Å²) in [6, 6.07) is 4.81. The summed E-state index contributed by atoms with van der Waals surface area (Å²) in [6.45, 7) is 7.50. The van der Waals surface area contributed by atoms with E-state index in [0.717, 1.165) is 42.0 Å². The number of hydrogen-bond acceptors (Lipinski definition) is 3. The van der Waals surface area contributed by atoms with Gasteiger partial charge in [0.2, 0.25) is 0 Å². The van der Waals surface area contributed by atoms with Crippen LogP contribution < -0.4 is 10.2 Å². The monoisotopic (exact) mass is 283 g/mol. The minimum atomic E-state index is 0.619. The van der Waals surface area contributed by atoms with Crippen LogP contribution in [0.5, 0.6) is 0 Å². The van der Waals surface area contributed by atoms with Gasteiger partial charge in [0, 0.05) is 24.1 Å². The molecule has 1 aromatic heterocycles. The van der Waals surface area contributed by atoms with Gasteiger partial charge in [0.1, 0.15) is 5.82 Å². The molecule has 2 rings (SSSR count). The van der Waals surface area contributed by atoms with Crippen LogP contribution in [0.15, 0.2) is 16.6 Å². The topological polar surface area (TPSA) is 28.2 Å². The molecule has 0 radical (unpaired) electrons. The Hall–Kier alpha value is -0.610. The molecule has 0 unspecified atom stereocenters. The van der Waals surface area contributed by atoms with Crippen LogP contribution in [0, 0.1) is 6.92 Å². The largest absolute Gasteiger partial charge is 0.351 e. The quantitative estimate of drug-likeness (QED) is 0.920. The molecule has 1 aliphatic heterocycles. The van der Waals surface area contributed by atoms with Gasteiger partial charge in [-0.15, -0.1) is 0 Å². The normalized spacial score (nSPS) is 15.9. The van der Waals surface area contributed by atoms with Gasteiger partial charge in [0.05, 0.1) is 11.7 Å². The van der Waals surface area contributed by atoms with Crippen LogP contribution in [-0.2, 0) is 0 Å². The van der Waals surface area contributed by atoms with Gasteiger partial charge in [-0.25, -0.2) is 4.98 Å². The fourth-order valence-corrected chi connectivity index (χ4v) is 2.13. The minimum Gasteiger partial charge on any atom is -0.351 e. The number of aryl methyl sites for hydroxylation is 1. The first kappa shape index (κ1) is 11.9. The summed E-state index contributed by atoms with van der Waals surface area (Å²) in [6.07, 6.45) is 1.16. The number of nitrogens with one attached hydrogen (secondary N) is 1. The lowest BCUT2D eigenvalue weighted by Crippen LogP contribution is -2.57. The highest BCUT2D eigenvalue weighted by molar-refractivity contribution is 9.10. The van der Waals surface area contributed by atoms with Gasteiger partial charge in [-0.1, -0.05) is 6.92 Å². The second-order valence-electron chi connectivity index (χ2n) is 4.24. The van der Waals surface area contributed by atoms with E-state index in [-0.39, 0.29) is 0 Å². The lowest BCUT2D eigenvalue weighted by molar-refractivity contribution is 0.410. The summed E-state index contributed by atoms with van der Waals surface area (Å²) in [4.78, 5) is 7.06. The van der Waals surface area contributed by atoms with Crippen molar-refractivity contribution in [2.45, 2.75) is 26.3 Å². The van der Waals surface area contributed by atoms with Gasteiger partial charge in [-0.2, -0.15) is 0 Å². The summed E-state index contributed by atoms with van der Waals surface area (Å²) in [7, 11) is 0. The Morgan fingerprint density at radius 2 is 2.25 bits per heavy atom. The zero-order valence-corrected chi connectivity index (χ0v) is 11.4. The van der Waals surface area contributed by atoms with Crippen molar-refractivity contribution in [3.05, 3.63) is 22.3 Å². The molecule has 0 bridgehead atoms. The Labute approximate surface area is 105 Å². The van der Waals surface area contributed by atoms with E-state index in [0.29, 0.717) is 6.04 Å². The molecule has 1 aromatic rings. The molecule has 88 valence electrons. The van der Waals surface area contributed by atoms with Crippen LogP contribution in [0.2, 0.25) is 0 Å². The predicted octanol–water partition coefficient (Wildman–Crippen LogP) is 2.34. The first-order valence-corrected chi connectivity index (χ1v) is 6.62. The van der Waals surface area contributed by atoms with Gasteiger partial charge >= 0.3 is 0 Å². The van der Waals surface area contributed by atoms with Crippen LogP contribution >= 0.6 is 15.9 Å². The molecule has 1 N–H and O–H groups in total. The van der Waals surface area contributed by atoms with Crippen LogP contribution in [-0.4, -0.2) is 30.7 Å². The number of hydrogen-bond donors (Lipinski definition) is 1. The second-order valence-corrected chi connectivity index (χ2v) is 5.10. The van der Waals surface area contributed by atoms with Gasteiger partial charge in [0.15, 0.2) is 0 Å². The molecule has 0 saturated carbocycles. The number of halogens is 1. The van der Waals surface area contributed by atoms with E-state index in [1.165, 1.54) is 0 Å². The summed E-state index contributed by atoms with van der Waals surface area (Å²) in [5, 5.41) is 3.32. The average molecular weight is 284 g/mol. The zero-order chi connectivity index (χ0) is 11.5. The van der Waals surface area contributed by atoms with Crippen LogP contribution in [0.3, 0.4) is 0 Å². The lowest BCUT2D eigenvalue weighted by atomic mass is 10.1. The molecule has 0 spiro atoms. The summed E-state index contributed by atoms with van der Waals surface area (Å²) < 4.78 is 1.08. The van der Waals surface area contributed by atoms with E-state index in [2.05, 4.69) is 50.2 Å². The van der Waals surface area contributed by atoms with Gasteiger partial charge in [-0.3, -0.25) is 0 Å². The van der Waals surface area contributed by atoms with Crippen LogP contribution in [0.25, 0.3) is 0 Å². The molecule has 4 heteroatoms. The van der Waals surface area contributed by atoms with Crippen LogP contribution in [0.4, 0.5) is 5.82 Å². The third kappa shape index (κ3) is 2.38. The Kier molecular flexibility index (Phi) is 3.82. The van der Waals surface area contributed by atoms with Gasteiger partial charge in [-0.05, 0) is 41.4 Å². The third-order valence-electron chi connectivity index (χ3n) is 2.97. The minimum absolute atomic E-state index is 0.619. The van der Waals surface area contributed by atoms with Gasteiger partial charge in [0.25, 0.3) is 0 Å². The molecule has 2 heterocycles. The SMILES string of the molecule is CCCN(c1ccc(Br)c(C)n1)C1CNC1. The number of anilines is 1. The fourth-order valence-electron chi connectivity index (χ4n) is 1.91. The zero-order valence-electron chi connectivity index (χ0n) is 9.83. The maximum Gasteiger partial charge on any atom is 0.129 e. The third-order valence-corrected chi connectivity index (χ3v) is 3.80. The highest BCUT2D eigenvalue weighted by Gasteiger charge is 2.25. The standard InChI is InChI=1S/C12H18BrN3/c1-3-6-16(10-7-14-8-10)12-5-4-11(13)9(2)15-12/h4-5,10,14H,3,6-8H2,1-2H3. The average Bonchev–Trinajstić information content (AvgIpc) is 2.19. The van der Waals surface area contributed by atoms with Crippen LogP contribution in [0.1, 0.15) is 19.0 Å². The van der Waals surface area contributed by atoms with Crippen molar-refractivity contribution in [1.29, 1.82) is 0 Å².